The Balaban J connectivity index is 2.14. The van der Waals surface area contributed by atoms with Crippen molar-refractivity contribution < 1.29 is 37.3 Å². The molecule has 2 heterocycles. The van der Waals surface area contributed by atoms with Crippen molar-refractivity contribution in [2.24, 2.45) is 5.92 Å². The average molecular weight is 458 g/mol. The molecular weight excluding hydrogens is 437 g/mol. The van der Waals surface area contributed by atoms with Crippen molar-refractivity contribution in [1.82, 2.24) is 10.6 Å². The van der Waals surface area contributed by atoms with E-state index < -0.39 is 35.7 Å². The predicted octanol–water partition coefficient (Wildman–Crippen LogP) is 3.65. The van der Waals surface area contributed by atoms with Crippen LogP contribution in [0.4, 0.5) is 18.0 Å². The Morgan fingerprint density at radius 1 is 1.19 bits per heavy atom. The van der Waals surface area contributed by atoms with E-state index in [-0.39, 0.29) is 22.8 Å². The van der Waals surface area contributed by atoms with Crippen molar-refractivity contribution in [1.29, 1.82) is 0 Å². The summed E-state index contributed by atoms with van der Waals surface area (Å²) < 4.78 is 52.7. The zero-order valence-corrected chi connectivity index (χ0v) is 17.5. The first-order valence-electron chi connectivity index (χ1n) is 9.47. The van der Waals surface area contributed by atoms with Gasteiger partial charge in [-0.25, -0.2) is 4.79 Å². The van der Waals surface area contributed by atoms with E-state index in [0.29, 0.717) is 12.4 Å². The molecule has 1 aliphatic heterocycles. The molecule has 2 amide bonds. The van der Waals surface area contributed by atoms with Gasteiger partial charge >= 0.3 is 12.2 Å². The maximum absolute atomic E-state index is 13.9. The molecule has 0 spiro atoms. The zero-order chi connectivity index (χ0) is 22.8. The van der Waals surface area contributed by atoms with Gasteiger partial charge in [0.2, 0.25) is 5.72 Å². The first-order valence-corrected chi connectivity index (χ1v) is 10.3. The van der Waals surface area contributed by atoms with Gasteiger partial charge in [-0.2, -0.15) is 13.2 Å². The fraction of sp³-hybridized carbons (Fsp3) is 0.400. The lowest BCUT2D eigenvalue weighted by Gasteiger charge is -2.44. The molecule has 0 unspecified atom stereocenters. The number of benzene rings is 1. The van der Waals surface area contributed by atoms with Crippen LogP contribution in [-0.2, 0) is 0 Å². The molecule has 0 radical (unpaired) electrons. The Labute approximate surface area is 180 Å². The number of halogens is 3. The number of thiophene rings is 1. The lowest BCUT2D eigenvalue weighted by molar-refractivity contribution is -0.287. The first-order chi connectivity index (χ1) is 14.6. The second-order valence-electron chi connectivity index (χ2n) is 6.73. The molecule has 1 aromatic carbocycles. The van der Waals surface area contributed by atoms with Gasteiger partial charge in [0.1, 0.15) is 5.92 Å². The van der Waals surface area contributed by atoms with E-state index >= 15 is 0 Å². The van der Waals surface area contributed by atoms with E-state index in [9.17, 15) is 27.9 Å². The van der Waals surface area contributed by atoms with E-state index in [2.05, 4.69) is 5.32 Å². The summed E-state index contributed by atoms with van der Waals surface area (Å²) >= 11 is 0.941. The van der Waals surface area contributed by atoms with Crippen molar-refractivity contribution in [3.63, 3.8) is 0 Å². The summed E-state index contributed by atoms with van der Waals surface area (Å²) in [6.07, 6.45) is -5.31. The second kappa shape index (κ2) is 8.75. The minimum atomic E-state index is -5.31. The van der Waals surface area contributed by atoms with E-state index in [1.54, 1.807) is 13.8 Å². The second-order valence-corrected chi connectivity index (χ2v) is 7.68. The summed E-state index contributed by atoms with van der Waals surface area (Å²) in [5, 5.41) is 16.0. The molecule has 31 heavy (non-hydrogen) atoms. The van der Waals surface area contributed by atoms with Gasteiger partial charge in [0.15, 0.2) is 17.3 Å². The summed E-state index contributed by atoms with van der Waals surface area (Å²) in [7, 11) is 0. The van der Waals surface area contributed by atoms with Crippen LogP contribution in [0.25, 0.3) is 0 Å². The van der Waals surface area contributed by atoms with Gasteiger partial charge in [0.25, 0.3) is 0 Å². The summed E-state index contributed by atoms with van der Waals surface area (Å²) in [4.78, 5) is 25.2. The highest BCUT2D eigenvalue weighted by Gasteiger charge is 2.66. The summed E-state index contributed by atoms with van der Waals surface area (Å²) in [5.74, 6) is -2.44. The number of nitrogens with one attached hydrogen (secondary N) is 2. The highest BCUT2D eigenvalue weighted by Crippen LogP contribution is 2.45. The third-order valence-electron chi connectivity index (χ3n) is 4.78. The molecule has 2 aromatic rings. The molecule has 3 N–H and O–H groups in total. The van der Waals surface area contributed by atoms with Gasteiger partial charge in [0, 0.05) is 0 Å². The maximum Gasteiger partial charge on any atom is 0.437 e. The molecule has 0 bridgehead atoms. The van der Waals surface area contributed by atoms with Crippen LogP contribution in [0.5, 0.6) is 11.5 Å². The minimum absolute atomic E-state index is 0.0200. The summed E-state index contributed by atoms with van der Waals surface area (Å²) in [6, 6.07) is 4.44. The van der Waals surface area contributed by atoms with Crippen molar-refractivity contribution in [2.45, 2.75) is 31.8 Å². The van der Waals surface area contributed by atoms with E-state index in [0.717, 1.165) is 11.3 Å². The molecule has 7 nitrogen and oxygen atoms in total. The van der Waals surface area contributed by atoms with Crippen LogP contribution in [0.2, 0.25) is 0 Å². The van der Waals surface area contributed by atoms with E-state index in [1.807, 2.05) is 0 Å². The summed E-state index contributed by atoms with van der Waals surface area (Å²) in [5.41, 5.74) is -3.62. The molecule has 0 aliphatic carbocycles. The van der Waals surface area contributed by atoms with Gasteiger partial charge in [-0.3, -0.25) is 4.79 Å². The molecule has 0 saturated carbocycles. The van der Waals surface area contributed by atoms with Gasteiger partial charge in [-0.15, -0.1) is 11.3 Å². The van der Waals surface area contributed by atoms with Gasteiger partial charge in [-0.1, -0.05) is 12.1 Å². The number of aliphatic hydroxyl groups is 1. The number of hydrogen-bond donors (Lipinski definition) is 3. The van der Waals surface area contributed by atoms with Crippen LogP contribution in [0.3, 0.4) is 0 Å². The number of alkyl halides is 3. The Morgan fingerprint density at radius 2 is 1.87 bits per heavy atom. The first kappa shape index (κ1) is 22.9. The SMILES string of the molecule is CCOc1ccc([C@@H]2NC(=O)N[C@@](O)(C(F)(F)F)[C@H]2C(=O)c2cccs2)cc1OCC. The monoisotopic (exact) mass is 458 g/mol. The van der Waals surface area contributed by atoms with Gasteiger partial charge in [-0.05, 0) is 43.0 Å². The molecule has 1 aliphatic rings. The van der Waals surface area contributed by atoms with Gasteiger partial charge in [0.05, 0.1) is 24.1 Å². The lowest BCUT2D eigenvalue weighted by Crippen LogP contribution is -2.72. The smallest absolute Gasteiger partial charge is 0.437 e. The Bertz CT molecular complexity index is 951. The van der Waals surface area contributed by atoms with E-state index in [4.69, 9.17) is 9.47 Å². The highest BCUT2D eigenvalue weighted by atomic mass is 32.1. The molecule has 1 aromatic heterocycles. The van der Waals surface area contributed by atoms with Crippen LogP contribution in [-0.4, -0.2) is 42.0 Å². The Kier molecular flexibility index (Phi) is 6.46. The number of Topliss-reactive ketones (excluding diaryl/α,β-unsaturated/α-hetero) is 1. The normalized spacial score (nSPS) is 23.6. The van der Waals surface area contributed by atoms with Crippen molar-refractivity contribution >= 4 is 23.2 Å². The van der Waals surface area contributed by atoms with E-state index in [1.165, 1.54) is 41.0 Å². The molecule has 168 valence electrons. The Morgan fingerprint density at radius 3 is 2.45 bits per heavy atom. The zero-order valence-electron chi connectivity index (χ0n) is 16.7. The largest absolute Gasteiger partial charge is 0.490 e. The third-order valence-corrected chi connectivity index (χ3v) is 5.66. The van der Waals surface area contributed by atoms with Crippen molar-refractivity contribution in [3.8, 4) is 11.5 Å². The molecule has 3 atom stereocenters. The van der Waals surface area contributed by atoms with Crippen molar-refractivity contribution in [3.05, 3.63) is 46.2 Å². The molecule has 1 fully saturated rings. The Hall–Kier alpha value is -2.79. The average Bonchev–Trinajstić information content (AvgIpc) is 3.23. The number of urea groups is 1. The number of hydrogen-bond acceptors (Lipinski definition) is 6. The van der Waals surface area contributed by atoms with Crippen LogP contribution in [0.15, 0.2) is 35.7 Å². The molecule has 3 rings (SSSR count). The van der Waals surface area contributed by atoms with Crippen LogP contribution in [0, 0.1) is 5.92 Å². The summed E-state index contributed by atoms with van der Waals surface area (Å²) in [6.45, 7) is 4.07. The lowest BCUT2D eigenvalue weighted by atomic mass is 9.78. The minimum Gasteiger partial charge on any atom is -0.490 e. The quantitative estimate of drug-likeness (QED) is 0.551. The predicted molar refractivity (Wildman–Crippen MR) is 106 cm³/mol. The third kappa shape index (κ3) is 4.33. The standard InChI is InChI=1S/C20H21F3N2O5S/c1-3-29-12-8-7-11(10-13(12)30-4-2)16-15(17(26)14-6-5-9-31-14)19(28,20(21,22)23)25-18(27)24-16/h5-10,15-16,28H,3-4H2,1-2H3,(H2,24,25,27)/t15-,16+,19+/m1/s1. The number of ketones is 1. The van der Waals surface area contributed by atoms with Crippen molar-refractivity contribution in [2.75, 3.05) is 13.2 Å². The number of rotatable bonds is 7. The number of carbonyl (C=O) groups is 2. The fourth-order valence-corrected chi connectivity index (χ4v) is 4.15. The topological polar surface area (TPSA) is 96.9 Å². The maximum atomic E-state index is 13.9. The number of ether oxygens (including phenoxy) is 2. The molecule has 1 saturated heterocycles. The molecular formula is C20H21F3N2O5S. The number of carbonyl (C=O) groups excluding carboxylic acids is 2. The highest BCUT2D eigenvalue weighted by molar-refractivity contribution is 7.12. The fourth-order valence-electron chi connectivity index (χ4n) is 3.45. The number of amides is 2. The van der Waals surface area contributed by atoms with Crippen LogP contribution in [0.1, 0.15) is 35.1 Å². The molecule has 11 heteroatoms. The van der Waals surface area contributed by atoms with Crippen LogP contribution < -0.4 is 20.1 Å². The van der Waals surface area contributed by atoms with Gasteiger partial charge < -0.3 is 25.2 Å². The van der Waals surface area contributed by atoms with Crippen LogP contribution >= 0.6 is 11.3 Å².